The summed E-state index contributed by atoms with van der Waals surface area (Å²) < 4.78 is 11.0. The van der Waals surface area contributed by atoms with Crippen LogP contribution in [0, 0.1) is 6.92 Å². The summed E-state index contributed by atoms with van der Waals surface area (Å²) >= 11 is 5.90. The third-order valence-corrected chi connectivity index (χ3v) is 4.65. The van der Waals surface area contributed by atoms with Crippen LogP contribution in [0.15, 0.2) is 82.2 Å². The van der Waals surface area contributed by atoms with E-state index in [1.54, 1.807) is 48.5 Å². The Morgan fingerprint density at radius 3 is 2.39 bits per heavy atom. The Morgan fingerprint density at radius 2 is 1.68 bits per heavy atom. The minimum absolute atomic E-state index is 0.167. The molecule has 0 amide bonds. The van der Waals surface area contributed by atoms with E-state index in [2.05, 4.69) is 0 Å². The number of fused-ring (bicyclic) bond motifs is 1. The zero-order valence-corrected chi connectivity index (χ0v) is 15.7. The molecule has 4 aromatic rings. The zero-order chi connectivity index (χ0) is 19.7. The number of halogens is 1. The smallest absolute Gasteiger partial charge is 0.343 e. The van der Waals surface area contributed by atoms with E-state index in [4.69, 9.17) is 20.8 Å². The second-order valence-electron chi connectivity index (χ2n) is 6.40. The highest BCUT2D eigenvalue weighted by atomic mass is 35.5. The number of esters is 1. The Balaban J connectivity index is 1.65. The van der Waals surface area contributed by atoms with Gasteiger partial charge in [-0.3, -0.25) is 4.79 Å². The average Bonchev–Trinajstić information content (AvgIpc) is 2.69. The second kappa shape index (κ2) is 7.33. The molecule has 0 unspecified atom stereocenters. The van der Waals surface area contributed by atoms with E-state index in [-0.39, 0.29) is 5.43 Å². The molecule has 0 atom stereocenters. The Hall–Kier alpha value is -3.37. The highest BCUT2D eigenvalue weighted by molar-refractivity contribution is 6.30. The number of hydrogen-bond donors (Lipinski definition) is 0. The van der Waals surface area contributed by atoms with Gasteiger partial charge in [0.1, 0.15) is 17.6 Å². The minimum atomic E-state index is -0.473. The first kappa shape index (κ1) is 18.0. The fourth-order valence-corrected chi connectivity index (χ4v) is 2.98. The third-order valence-electron chi connectivity index (χ3n) is 4.40. The molecule has 28 heavy (non-hydrogen) atoms. The van der Waals surface area contributed by atoms with Crippen LogP contribution in [0.2, 0.25) is 5.02 Å². The standard InChI is InChI=1S/C23H15ClO4/c1-14-2-4-16(5-3-14)23(26)28-18-10-11-19-21(12-18)27-13-20(22(19)25)15-6-8-17(24)9-7-15/h2-13H,1H3. The number of rotatable bonds is 3. The van der Waals surface area contributed by atoms with E-state index in [0.717, 1.165) is 11.1 Å². The van der Waals surface area contributed by atoms with Gasteiger partial charge in [-0.2, -0.15) is 0 Å². The minimum Gasteiger partial charge on any atom is -0.463 e. The first-order valence-corrected chi connectivity index (χ1v) is 8.99. The molecule has 0 spiro atoms. The van der Waals surface area contributed by atoms with Crippen LogP contribution in [0.25, 0.3) is 22.1 Å². The van der Waals surface area contributed by atoms with Crippen molar-refractivity contribution >= 4 is 28.5 Å². The van der Waals surface area contributed by atoms with Crippen LogP contribution in [-0.4, -0.2) is 5.97 Å². The molecule has 0 saturated carbocycles. The number of hydrogen-bond acceptors (Lipinski definition) is 4. The van der Waals surface area contributed by atoms with E-state index in [1.807, 2.05) is 19.1 Å². The second-order valence-corrected chi connectivity index (χ2v) is 6.84. The molecule has 0 N–H and O–H groups in total. The lowest BCUT2D eigenvalue weighted by atomic mass is 10.1. The molecule has 3 aromatic carbocycles. The van der Waals surface area contributed by atoms with E-state index < -0.39 is 5.97 Å². The lowest BCUT2D eigenvalue weighted by Crippen LogP contribution is -2.09. The van der Waals surface area contributed by atoms with Crippen LogP contribution in [0.1, 0.15) is 15.9 Å². The summed E-state index contributed by atoms with van der Waals surface area (Å²) in [7, 11) is 0. The van der Waals surface area contributed by atoms with Crippen molar-refractivity contribution in [1.29, 1.82) is 0 Å². The van der Waals surface area contributed by atoms with Crippen molar-refractivity contribution in [3.63, 3.8) is 0 Å². The van der Waals surface area contributed by atoms with Gasteiger partial charge in [0.25, 0.3) is 0 Å². The van der Waals surface area contributed by atoms with Gasteiger partial charge in [-0.05, 0) is 48.9 Å². The molecular formula is C23H15ClO4. The van der Waals surface area contributed by atoms with Crippen molar-refractivity contribution in [3.05, 3.63) is 99.4 Å². The summed E-state index contributed by atoms with van der Waals surface area (Å²) in [5, 5.41) is 0.997. The highest BCUT2D eigenvalue weighted by Gasteiger charge is 2.12. The molecule has 4 nitrogen and oxygen atoms in total. The molecule has 0 bridgehead atoms. The summed E-state index contributed by atoms with van der Waals surface area (Å²) in [4.78, 5) is 25.1. The predicted molar refractivity (Wildman–Crippen MR) is 109 cm³/mol. The topological polar surface area (TPSA) is 56.5 Å². The summed E-state index contributed by atoms with van der Waals surface area (Å²) in [5.41, 5.74) is 2.84. The Kier molecular flexibility index (Phi) is 4.72. The molecule has 4 rings (SSSR count). The Bertz CT molecular complexity index is 1220. The average molecular weight is 391 g/mol. The Morgan fingerprint density at radius 1 is 0.964 bits per heavy atom. The molecular weight excluding hydrogens is 376 g/mol. The first-order chi connectivity index (χ1) is 13.5. The number of ether oxygens (including phenoxy) is 1. The van der Waals surface area contributed by atoms with Crippen LogP contribution >= 0.6 is 11.6 Å². The van der Waals surface area contributed by atoms with Gasteiger partial charge in [-0.1, -0.05) is 41.4 Å². The summed E-state index contributed by atoms with van der Waals surface area (Å²) in [6, 6.07) is 18.8. The van der Waals surface area contributed by atoms with Gasteiger partial charge in [0, 0.05) is 11.1 Å². The molecule has 1 aromatic heterocycles. The van der Waals surface area contributed by atoms with Crippen LogP contribution < -0.4 is 10.2 Å². The molecule has 0 aliphatic carbocycles. The summed E-state index contributed by atoms with van der Waals surface area (Å²) in [5.74, 6) is -0.167. The fourth-order valence-electron chi connectivity index (χ4n) is 2.86. The molecule has 0 radical (unpaired) electrons. The maximum atomic E-state index is 12.8. The SMILES string of the molecule is Cc1ccc(C(=O)Oc2ccc3c(=O)c(-c4ccc(Cl)cc4)coc3c2)cc1. The van der Waals surface area contributed by atoms with Gasteiger partial charge >= 0.3 is 5.97 Å². The van der Waals surface area contributed by atoms with Crippen LogP contribution in [0.3, 0.4) is 0 Å². The molecule has 0 fully saturated rings. The van der Waals surface area contributed by atoms with Gasteiger partial charge < -0.3 is 9.15 Å². The lowest BCUT2D eigenvalue weighted by molar-refractivity contribution is 0.0735. The molecule has 138 valence electrons. The molecule has 1 heterocycles. The van der Waals surface area contributed by atoms with Crippen molar-refractivity contribution in [1.82, 2.24) is 0 Å². The van der Waals surface area contributed by atoms with E-state index in [0.29, 0.717) is 32.9 Å². The quantitative estimate of drug-likeness (QED) is 0.335. The van der Waals surface area contributed by atoms with Gasteiger partial charge in [-0.15, -0.1) is 0 Å². The maximum absolute atomic E-state index is 12.8. The maximum Gasteiger partial charge on any atom is 0.343 e. The van der Waals surface area contributed by atoms with Crippen molar-refractivity contribution < 1.29 is 13.9 Å². The number of aryl methyl sites for hydroxylation is 1. The number of benzene rings is 3. The monoisotopic (exact) mass is 390 g/mol. The zero-order valence-electron chi connectivity index (χ0n) is 14.9. The van der Waals surface area contributed by atoms with Gasteiger partial charge in [-0.25, -0.2) is 4.79 Å². The molecule has 5 heteroatoms. The molecule has 0 aliphatic rings. The largest absolute Gasteiger partial charge is 0.463 e. The lowest BCUT2D eigenvalue weighted by Gasteiger charge is -2.07. The van der Waals surface area contributed by atoms with Crippen LogP contribution in [0.4, 0.5) is 0 Å². The van der Waals surface area contributed by atoms with E-state index in [1.165, 1.54) is 12.3 Å². The van der Waals surface area contributed by atoms with Crippen molar-refractivity contribution in [2.75, 3.05) is 0 Å². The summed E-state index contributed by atoms with van der Waals surface area (Å²) in [6.45, 7) is 1.94. The molecule has 0 aliphatic heterocycles. The highest BCUT2D eigenvalue weighted by Crippen LogP contribution is 2.24. The van der Waals surface area contributed by atoms with Crippen molar-refractivity contribution in [2.24, 2.45) is 0 Å². The molecule has 0 saturated heterocycles. The number of carbonyl (C=O) groups excluding carboxylic acids is 1. The third kappa shape index (κ3) is 3.55. The van der Waals surface area contributed by atoms with E-state index in [9.17, 15) is 9.59 Å². The van der Waals surface area contributed by atoms with Gasteiger partial charge in [0.2, 0.25) is 0 Å². The number of carbonyl (C=O) groups is 1. The van der Waals surface area contributed by atoms with Crippen LogP contribution in [-0.2, 0) is 0 Å². The summed E-state index contributed by atoms with van der Waals surface area (Å²) in [6.07, 6.45) is 1.40. The van der Waals surface area contributed by atoms with Gasteiger partial charge in [0.05, 0.1) is 16.5 Å². The predicted octanol–water partition coefficient (Wildman–Crippen LogP) is 5.64. The van der Waals surface area contributed by atoms with Crippen molar-refractivity contribution in [3.8, 4) is 16.9 Å². The van der Waals surface area contributed by atoms with Gasteiger partial charge in [0.15, 0.2) is 5.43 Å². The first-order valence-electron chi connectivity index (χ1n) is 8.61. The Labute approximate surface area is 166 Å². The van der Waals surface area contributed by atoms with Crippen LogP contribution in [0.5, 0.6) is 5.75 Å². The van der Waals surface area contributed by atoms with Crippen molar-refractivity contribution in [2.45, 2.75) is 6.92 Å². The van der Waals surface area contributed by atoms with E-state index >= 15 is 0 Å². The normalized spacial score (nSPS) is 10.8. The fraction of sp³-hybridized carbons (Fsp3) is 0.0435.